The number of cyclic esters (lactones) is 1. The van der Waals surface area contributed by atoms with E-state index >= 15 is 0 Å². The summed E-state index contributed by atoms with van der Waals surface area (Å²) in [5.74, 6) is -3.69. The summed E-state index contributed by atoms with van der Waals surface area (Å²) in [6.45, 7) is 4.88. The standard InChI is InChI=1S/C24H40O8.CH2O.Na.H/c1-3-4-5-6-7-8-9-10-11-12-13-14-15-16-20(27)30-17-19(26)22-23(31-18(2)25)21(28)24(29)32-22;1-2;;/h19,22,26,28H,3-17H2,1-2H3;1H2;;/t19-,22+;;;/m0.../s1. The first-order valence-corrected chi connectivity index (χ1v) is 12.3. The van der Waals surface area contributed by atoms with Gasteiger partial charge < -0.3 is 29.2 Å². The summed E-state index contributed by atoms with van der Waals surface area (Å²) in [5, 5.41) is 19.7. The van der Waals surface area contributed by atoms with Crippen molar-refractivity contribution in [3.05, 3.63) is 11.5 Å². The fraction of sp³-hybridized carbons (Fsp3) is 0.760. The van der Waals surface area contributed by atoms with Gasteiger partial charge in [0.25, 0.3) is 0 Å². The van der Waals surface area contributed by atoms with E-state index in [0.29, 0.717) is 6.42 Å². The third-order valence-electron chi connectivity index (χ3n) is 5.42. The molecule has 0 amide bonds. The van der Waals surface area contributed by atoms with E-state index < -0.39 is 48.2 Å². The van der Waals surface area contributed by atoms with E-state index in [2.05, 4.69) is 6.92 Å². The van der Waals surface area contributed by atoms with Crippen LogP contribution in [-0.4, -0.2) is 83.3 Å². The zero-order chi connectivity index (χ0) is 25.8. The second-order valence-corrected chi connectivity index (χ2v) is 8.38. The second kappa shape index (κ2) is 23.0. The molecule has 10 heteroatoms. The summed E-state index contributed by atoms with van der Waals surface area (Å²) >= 11 is 0. The number of esters is 3. The number of rotatable bonds is 18. The second-order valence-electron chi connectivity index (χ2n) is 8.38. The molecule has 0 unspecified atom stereocenters. The van der Waals surface area contributed by atoms with Gasteiger partial charge in [-0.1, -0.05) is 84.0 Å². The van der Waals surface area contributed by atoms with Gasteiger partial charge in [-0.3, -0.25) is 9.59 Å². The Bertz CT molecular complexity index is 636. The zero-order valence-electron chi connectivity index (χ0n) is 20.7. The summed E-state index contributed by atoms with van der Waals surface area (Å²) in [5.41, 5.74) is 0. The van der Waals surface area contributed by atoms with Gasteiger partial charge >= 0.3 is 47.5 Å². The summed E-state index contributed by atoms with van der Waals surface area (Å²) in [7, 11) is 0. The van der Waals surface area contributed by atoms with Crippen LogP contribution in [0.1, 0.15) is 104 Å². The molecule has 0 bridgehead atoms. The molecule has 1 aliphatic rings. The normalized spacial score (nSPS) is 15.4. The Hall–Kier alpha value is -1.42. The molecule has 2 atom stereocenters. The minimum atomic E-state index is -1.45. The summed E-state index contributed by atoms with van der Waals surface area (Å²) in [4.78, 5) is 42.4. The van der Waals surface area contributed by atoms with Crippen molar-refractivity contribution < 1.29 is 43.6 Å². The van der Waals surface area contributed by atoms with Crippen molar-refractivity contribution in [3.63, 3.8) is 0 Å². The Kier molecular flexibility index (Phi) is 23.5. The Balaban J connectivity index is 0. The van der Waals surface area contributed by atoms with Crippen LogP contribution in [0.15, 0.2) is 11.5 Å². The van der Waals surface area contributed by atoms with E-state index in [0.717, 1.165) is 19.8 Å². The number of ether oxygens (including phenoxy) is 3. The SMILES string of the molecule is C=O.CCCCCCCCCCCCCCCC(=O)OC[C@H](O)[C@H]1OC(=O)C(O)=C1OC(C)=O.[NaH]. The Morgan fingerprint density at radius 2 is 1.40 bits per heavy atom. The Labute approximate surface area is 231 Å². The van der Waals surface area contributed by atoms with Crippen molar-refractivity contribution in [2.24, 2.45) is 0 Å². The van der Waals surface area contributed by atoms with Gasteiger partial charge in [0.05, 0.1) is 0 Å². The van der Waals surface area contributed by atoms with Crippen molar-refractivity contribution in [3.8, 4) is 0 Å². The molecule has 9 nitrogen and oxygen atoms in total. The van der Waals surface area contributed by atoms with Crippen molar-refractivity contribution >= 4 is 54.3 Å². The molecule has 35 heavy (non-hydrogen) atoms. The summed E-state index contributed by atoms with van der Waals surface area (Å²) < 4.78 is 14.5. The molecule has 1 aliphatic heterocycles. The van der Waals surface area contributed by atoms with Gasteiger partial charge in [0.1, 0.15) is 19.5 Å². The molecule has 1 heterocycles. The number of carbonyl (C=O) groups excluding carboxylic acids is 4. The van der Waals surface area contributed by atoms with Crippen LogP contribution in [0.4, 0.5) is 0 Å². The topological polar surface area (TPSA) is 136 Å². The predicted octanol–water partition coefficient (Wildman–Crippen LogP) is 3.80. The van der Waals surface area contributed by atoms with E-state index in [1.807, 2.05) is 6.79 Å². The average Bonchev–Trinajstić information content (AvgIpc) is 3.09. The monoisotopic (exact) mass is 510 g/mol. The molecule has 0 aromatic carbocycles. The molecule has 198 valence electrons. The number of aliphatic hydroxyl groups excluding tert-OH is 2. The van der Waals surface area contributed by atoms with Gasteiger partial charge in [-0.25, -0.2) is 4.79 Å². The molecule has 0 radical (unpaired) electrons. The van der Waals surface area contributed by atoms with Gasteiger partial charge in [0.2, 0.25) is 11.5 Å². The van der Waals surface area contributed by atoms with Crippen LogP contribution in [0.5, 0.6) is 0 Å². The van der Waals surface area contributed by atoms with Gasteiger partial charge in [0, 0.05) is 13.3 Å². The van der Waals surface area contributed by atoms with Crippen LogP contribution in [0.2, 0.25) is 0 Å². The van der Waals surface area contributed by atoms with Crippen molar-refractivity contribution in [2.45, 2.75) is 116 Å². The summed E-state index contributed by atoms with van der Waals surface area (Å²) in [6.07, 6.45) is 13.2. The number of unbranched alkanes of at least 4 members (excludes halogenated alkanes) is 12. The molecule has 1 rings (SSSR count). The molecule has 0 saturated heterocycles. The Morgan fingerprint density at radius 3 is 1.86 bits per heavy atom. The number of hydrogen-bond acceptors (Lipinski definition) is 9. The fourth-order valence-electron chi connectivity index (χ4n) is 3.60. The van der Waals surface area contributed by atoms with Crippen LogP contribution in [0, 0.1) is 0 Å². The first-order valence-electron chi connectivity index (χ1n) is 12.3. The first kappa shape index (κ1) is 35.7. The van der Waals surface area contributed by atoms with Crippen molar-refractivity contribution in [2.75, 3.05) is 6.61 Å². The number of aliphatic hydroxyl groups is 2. The fourth-order valence-corrected chi connectivity index (χ4v) is 3.60. The van der Waals surface area contributed by atoms with E-state index in [4.69, 9.17) is 19.0 Å². The third-order valence-corrected chi connectivity index (χ3v) is 5.42. The summed E-state index contributed by atoms with van der Waals surface area (Å²) in [6, 6.07) is 0. The number of hydrogen-bond donors (Lipinski definition) is 2. The molecular formula is C25H43NaO9. The maximum absolute atomic E-state index is 11.9. The van der Waals surface area contributed by atoms with E-state index in [1.54, 1.807) is 0 Å². The molecule has 2 N–H and O–H groups in total. The predicted molar refractivity (Wildman–Crippen MR) is 133 cm³/mol. The van der Waals surface area contributed by atoms with Gasteiger partial charge in [-0.15, -0.1) is 0 Å². The molecule has 0 fully saturated rings. The minimum absolute atomic E-state index is 0. The molecular weight excluding hydrogens is 467 g/mol. The molecule has 0 aliphatic carbocycles. The molecule has 0 saturated carbocycles. The van der Waals surface area contributed by atoms with Gasteiger partial charge in [-0.05, 0) is 6.42 Å². The zero-order valence-corrected chi connectivity index (χ0v) is 20.7. The van der Waals surface area contributed by atoms with E-state index in [1.165, 1.54) is 64.2 Å². The Morgan fingerprint density at radius 1 is 0.943 bits per heavy atom. The molecule has 0 spiro atoms. The van der Waals surface area contributed by atoms with Gasteiger partial charge in [0.15, 0.2) is 6.10 Å². The van der Waals surface area contributed by atoms with Crippen LogP contribution in [-0.2, 0) is 33.4 Å². The average molecular weight is 511 g/mol. The van der Waals surface area contributed by atoms with Crippen LogP contribution < -0.4 is 0 Å². The van der Waals surface area contributed by atoms with Crippen molar-refractivity contribution in [1.82, 2.24) is 0 Å². The third kappa shape index (κ3) is 16.8. The van der Waals surface area contributed by atoms with Crippen LogP contribution >= 0.6 is 0 Å². The number of carbonyl (C=O) groups is 4. The molecule has 0 aromatic rings. The first-order chi connectivity index (χ1) is 16.4. The van der Waals surface area contributed by atoms with E-state index in [-0.39, 0.29) is 36.0 Å². The van der Waals surface area contributed by atoms with Crippen LogP contribution in [0.25, 0.3) is 0 Å². The molecule has 0 aromatic heterocycles. The van der Waals surface area contributed by atoms with Crippen LogP contribution in [0.3, 0.4) is 0 Å². The maximum atomic E-state index is 11.9. The van der Waals surface area contributed by atoms with E-state index in [9.17, 15) is 24.6 Å². The quantitative estimate of drug-likeness (QED) is 0.122. The van der Waals surface area contributed by atoms with Crippen molar-refractivity contribution in [1.29, 1.82) is 0 Å². The van der Waals surface area contributed by atoms with Gasteiger partial charge in [-0.2, -0.15) is 0 Å².